The summed E-state index contributed by atoms with van der Waals surface area (Å²) >= 11 is 0. The molecule has 1 aromatic heterocycles. The van der Waals surface area contributed by atoms with Crippen LogP contribution in [0, 0.1) is 10.1 Å². The van der Waals surface area contributed by atoms with Gasteiger partial charge >= 0.3 is 5.95 Å². The zero-order valence-corrected chi connectivity index (χ0v) is 6.63. The Labute approximate surface area is 72.8 Å². The number of nitrogens with zero attached hydrogens (tertiary/aromatic N) is 3. The maximum absolute atomic E-state index is 11.9. The summed E-state index contributed by atoms with van der Waals surface area (Å²) in [5, 5.41) is 19.2. The van der Waals surface area contributed by atoms with E-state index in [-0.39, 0.29) is 6.54 Å². The van der Waals surface area contributed by atoms with Crippen LogP contribution in [-0.2, 0) is 6.54 Å². The summed E-state index contributed by atoms with van der Waals surface area (Å²) in [6.45, 7) is -1.10. The highest BCUT2D eigenvalue weighted by molar-refractivity contribution is 5.06. The molecule has 72 valence electrons. The van der Waals surface area contributed by atoms with E-state index in [0.29, 0.717) is 0 Å². The van der Waals surface area contributed by atoms with Crippen LogP contribution in [0.2, 0.25) is 0 Å². The van der Waals surface area contributed by atoms with Gasteiger partial charge in [-0.15, -0.1) is 0 Å². The molecule has 1 heterocycles. The van der Waals surface area contributed by atoms with E-state index in [9.17, 15) is 14.5 Å². The third-order valence-electron chi connectivity index (χ3n) is 1.44. The Morgan fingerprint density at radius 2 is 2.54 bits per heavy atom. The van der Waals surface area contributed by atoms with Gasteiger partial charge in [0.05, 0.1) is 0 Å². The first kappa shape index (κ1) is 9.59. The van der Waals surface area contributed by atoms with E-state index >= 15 is 0 Å². The van der Waals surface area contributed by atoms with Crippen molar-refractivity contribution in [1.82, 2.24) is 9.55 Å². The van der Waals surface area contributed by atoms with Gasteiger partial charge in [0.2, 0.25) is 0 Å². The first-order valence-electron chi connectivity index (χ1n) is 3.54. The fourth-order valence-corrected chi connectivity index (χ4v) is 0.892. The van der Waals surface area contributed by atoms with E-state index in [2.05, 4.69) is 4.98 Å². The van der Waals surface area contributed by atoms with Crippen molar-refractivity contribution in [1.29, 1.82) is 0 Å². The van der Waals surface area contributed by atoms with Crippen molar-refractivity contribution >= 4 is 5.95 Å². The first-order valence-corrected chi connectivity index (χ1v) is 3.54. The van der Waals surface area contributed by atoms with Crippen molar-refractivity contribution in [3.8, 4) is 0 Å². The Morgan fingerprint density at radius 3 is 3.08 bits per heavy atom. The Morgan fingerprint density at radius 1 is 1.85 bits per heavy atom. The lowest BCUT2D eigenvalue weighted by Crippen LogP contribution is -2.18. The Bertz CT molecular complexity index is 301. The molecule has 1 aromatic rings. The molecule has 0 aliphatic carbocycles. The third-order valence-corrected chi connectivity index (χ3v) is 1.44. The number of hydrogen-bond donors (Lipinski definition) is 1. The average Bonchev–Trinajstić information content (AvgIpc) is 2.52. The van der Waals surface area contributed by atoms with Gasteiger partial charge < -0.3 is 15.2 Å². The van der Waals surface area contributed by atoms with Gasteiger partial charge in [-0.2, -0.15) is 0 Å². The van der Waals surface area contributed by atoms with Gasteiger partial charge in [0.1, 0.15) is 31.7 Å². The number of alkyl halides is 1. The smallest absolute Gasteiger partial charge is 0.390 e. The monoisotopic (exact) mass is 189 g/mol. The van der Waals surface area contributed by atoms with Crippen molar-refractivity contribution in [3.63, 3.8) is 0 Å². The minimum atomic E-state index is -1.23. The molecule has 1 N–H and O–H groups in total. The van der Waals surface area contributed by atoms with E-state index < -0.39 is 23.7 Å². The summed E-state index contributed by atoms with van der Waals surface area (Å²) < 4.78 is 12.9. The zero-order chi connectivity index (χ0) is 9.84. The van der Waals surface area contributed by atoms with Gasteiger partial charge in [-0.3, -0.25) is 0 Å². The minimum Gasteiger partial charge on any atom is -0.390 e. The average molecular weight is 189 g/mol. The molecule has 0 aliphatic heterocycles. The molecule has 0 radical (unpaired) electrons. The van der Waals surface area contributed by atoms with Crippen LogP contribution >= 0.6 is 0 Å². The third kappa shape index (κ3) is 2.22. The summed E-state index contributed by atoms with van der Waals surface area (Å²) in [5.41, 5.74) is 0. The highest BCUT2D eigenvalue weighted by atomic mass is 19.1. The second kappa shape index (κ2) is 3.94. The Balaban J connectivity index is 2.76. The second-order valence-electron chi connectivity index (χ2n) is 2.44. The molecule has 0 saturated carbocycles. The maximum atomic E-state index is 11.9. The number of aromatic nitrogens is 2. The van der Waals surface area contributed by atoms with Crippen molar-refractivity contribution in [2.24, 2.45) is 0 Å². The van der Waals surface area contributed by atoms with E-state index in [1.165, 1.54) is 12.4 Å². The van der Waals surface area contributed by atoms with Gasteiger partial charge in [0.25, 0.3) is 0 Å². The van der Waals surface area contributed by atoms with Crippen molar-refractivity contribution < 1.29 is 14.4 Å². The van der Waals surface area contributed by atoms with Crippen LogP contribution < -0.4 is 0 Å². The molecule has 7 heteroatoms. The van der Waals surface area contributed by atoms with Crippen molar-refractivity contribution in [2.75, 3.05) is 6.67 Å². The number of nitro groups is 1. The second-order valence-corrected chi connectivity index (χ2v) is 2.44. The Hall–Kier alpha value is -1.50. The lowest BCUT2D eigenvalue weighted by atomic mass is 10.4. The molecule has 6 nitrogen and oxygen atoms in total. The molecule has 0 unspecified atom stereocenters. The molecule has 0 spiro atoms. The summed E-state index contributed by atoms with van der Waals surface area (Å²) in [6.07, 6.45) is 1.31. The fraction of sp³-hybridized carbons (Fsp3) is 0.500. The number of imidazole rings is 1. The summed E-state index contributed by atoms with van der Waals surface area (Å²) in [7, 11) is 0. The zero-order valence-electron chi connectivity index (χ0n) is 6.63. The number of aliphatic hydroxyl groups is 1. The number of halogens is 1. The lowest BCUT2D eigenvalue weighted by Gasteiger charge is -2.04. The van der Waals surface area contributed by atoms with Gasteiger partial charge in [0, 0.05) is 0 Å². The summed E-state index contributed by atoms with van der Waals surface area (Å²) in [5.74, 6) is -0.396. The lowest BCUT2D eigenvalue weighted by molar-refractivity contribution is -0.397. The quantitative estimate of drug-likeness (QED) is 0.538. The molecule has 1 atom stereocenters. The Kier molecular flexibility index (Phi) is 2.91. The molecular weight excluding hydrogens is 181 g/mol. The minimum absolute atomic E-state index is 0.160. The predicted octanol–water partition coefficient (Wildman–Crippen LogP) is 0.122. The van der Waals surface area contributed by atoms with Gasteiger partial charge in [-0.1, -0.05) is 4.98 Å². The van der Waals surface area contributed by atoms with Gasteiger partial charge in [0.15, 0.2) is 0 Å². The summed E-state index contributed by atoms with van der Waals surface area (Å²) in [6, 6.07) is 0. The van der Waals surface area contributed by atoms with Crippen LogP contribution in [0.5, 0.6) is 0 Å². The molecule has 1 rings (SSSR count). The van der Waals surface area contributed by atoms with Crippen LogP contribution in [0.3, 0.4) is 0 Å². The molecular formula is C6H8FN3O3. The van der Waals surface area contributed by atoms with Crippen LogP contribution in [0.25, 0.3) is 0 Å². The number of rotatable bonds is 4. The predicted molar refractivity (Wildman–Crippen MR) is 40.9 cm³/mol. The standard InChI is InChI=1S/C6H8FN3O3/c7-3-5(11)4-9-2-1-8-6(9)10(12)13/h1-2,5,11H,3-4H2/t5-/m0/s1. The topological polar surface area (TPSA) is 81.2 Å². The molecule has 0 amide bonds. The molecule has 0 aromatic carbocycles. The number of hydrogen-bond acceptors (Lipinski definition) is 4. The van der Waals surface area contributed by atoms with E-state index in [1.54, 1.807) is 0 Å². The summed E-state index contributed by atoms with van der Waals surface area (Å²) in [4.78, 5) is 13.0. The molecule has 0 bridgehead atoms. The van der Waals surface area contributed by atoms with Crippen LogP contribution in [0.15, 0.2) is 12.4 Å². The largest absolute Gasteiger partial charge is 0.434 e. The molecule has 13 heavy (non-hydrogen) atoms. The van der Waals surface area contributed by atoms with E-state index in [4.69, 9.17) is 5.11 Å². The van der Waals surface area contributed by atoms with Crippen LogP contribution in [0.4, 0.5) is 10.3 Å². The van der Waals surface area contributed by atoms with Gasteiger partial charge in [-0.05, 0) is 4.92 Å². The van der Waals surface area contributed by atoms with E-state index in [1.807, 2.05) is 0 Å². The first-order chi connectivity index (χ1) is 6.15. The van der Waals surface area contributed by atoms with Crippen LogP contribution in [-0.4, -0.2) is 32.4 Å². The van der Waals surface area contributed by atoms with Gasteiger partial charge in [-0.25, -0.2) is 8.96 Å². The van der Waals surface area contributed by atoms with Crippen molar-refractivity contribution in [3.05, 3.63) is 22.5 Å². The highest BCUT2D eigenvalue weighted by Crippen LogP contribution is 2.08. The highest BCUT2D eigenvalue weighted by Gasteiger charge is 2.16. The van der Waals surface area contributed by atoms with E-state index in [0.717, 1.165) is 4.57 Å². The molecule has 0 aliphatic rings. The van der Waals surface area contributed by atoms with Crippen molar-refractivity contribution in [2.45, 2.75) is 12.6 Å². The molecule has 0 saturated heterocycles. The normalized spacial score (nSPS) is 12.8. The SMILES string of the molecule is O=[N+]([O-])c1nccn1C[C@@H](O)CF. The van der Waals surface area contributed by atoms with Crippen LogP contribution in [0.1, 0.15) is 0 Å². The maximum Gasteiger partial charge on any atom is 0.434 e. The molecule has 0 fully saturated rings. The number of aliphatic hydroxyl groups excluding tert-OH is 1. The fourth-order valence-electron chi connectivity index (χ4n) is 0.892.